The fourth-order valence-corrected chi connectivity index (χ4v) is 2.57. The van der Waals surface area contributed by atoms with E-state index in [4.69, 9.17) is 9.78 Å². The minimum absolute atomic E-state index is 0.176. The summed E-state index contributed by atoms with van der Waals surface area (Å²) >= 11 is 0. The van der Waals surface area contributed by atoms with Gasteiger partial charge in [0.15, 0.2) is 0 Å². The zero-order valence-electron chi connectivity index (χ0n) is 17.6. The largest absolute Gasteiger partial charge is 0.393 e. The van der Waals surface area contributed by atoms with Crippen LogP contribution in [0.1, 0.15) is 111 Å². The Labute approximate surface area is 161 Å². The van der Waals surface area contributed by atoms with Gasteiger partial charge >= 0.3 is 5.97 Å². The minimum Gasteiger partial charge on any atom is -0.393 e. The van der Waals surface area contributed by atoms with Crippen molar-refractivity contribution < 1.29 is 19.7 Å². The Hall–Kier alpha value is -0.870. The summed E-state index contributed by atoms with van der Waals surface area (Å²) in [5.41, 5.74) is -0.450. The molecule has 0 saturated carbocycles. The molecule has 1 N–H and O–H groups in total. The van der Waals surface area contributed by atoms with Crippen LogP contribution in [0.4, 0.5) is 0 Å². The maximum atomic E-state index is 11.5. The van der Waals surface area contributed by atoms with Gasteiger partial charge in [-0.25, -0.2) is 4.79 Å². The van der Waals surface area contributed by atoms with Crippen molar-refractivity contribution in [3.63, 3.8) is 0 Å². The van der Waals surface area contributed by atoms with Gasteiger partial charge in [0.05, 0.1) is 6.10 Å². The number of aliphatic hydroxyl groups excluding tert-OH is 1. The van der Waals surface area contributed by atoms with Crippen LogP contribution in [0.15, 0.2) is 12.2 Å². The third-order valence-corrected chi connectivity index (χ3v) is 4.10. The molecule has 0 aromatic carbocycles. The molecule has 0 bridgehead atoms. The molecule has 0 aliphatic rings. The number of rotatable bonds is 16. The summed E-state index contributed by atoms with van der Waals surface area (Å²) < 4.78 is 0. The van der Waals surface area contributed by atoms with Gasteiger partial charge in [0, 0.05) is 6.42 Å². The molecule has 0 rings (SSSR count). The fraction of sp³-hybridized carbons (Fsp3) is 0.864. The topological polar surface area (TPSA) is 55.8 Å². The number of allylic oxidation sites excluding steroid dienone is 1. The second kappa shape index (κ2) is 16.3. The first-order valence-corrected chi connectivity index (χ1v) is 10.6. The van der Waals surface area contributed by atoms with Crippen LogP contribution in [0, 0.1) is 0 Å². The van der Waals surface area contributed by atoms with E-state index in [1.54, 1.807) is 0 Å². The van der Waals surface area contributed by atoms with Gasteiger partial charge in [-0.1, -0.05) is 64.0 Å². The molecular formula is C22H42O4. The molecule has 0 aliphatic carbocycles. The van der Waals surface area contributed by atoms with E-state index >= 15 is 0 Å². The zero-order valence-corrected chi connectivity index (χ0v) is 17.6. The number of carbonyl (C=O) groups excluding carboxylic acids is 1. The molecular weight excluding hydrogens is 328 g/mol. The van der Waals surface area contributed by atoms with Gasteiger partial charge in [-0.3, -0.25) is 4.89 Å². The third-order valence-electron chi connectivity index (χ3n) is 4.10. The van der Waals surface area contributed by atoms with Crippen LogP contribution in [0.3, 0.4) is 0 Å². The molecule has 4 heteroatoms. The predicted octanol–water partition coefficient (Wildman–Crippen LogP) is 6.27. The third kappa shape index (κ3) is 19.5. The molecule has 0 aromatic heterocycles. The van der Waals surface area contributed by atoms with Crippen LogP contribution < -0.4 is 0 Å². The van der Waals surface area contributed by atoms with Crippen LogP contribution >= 0.6 is 0 Å². The Morgan fingerprint density at radius 2 is 1.62 bits per heavy atom. The number of carbonyl (C=O) groups is 1. The standard InChI is InChI=1S/C22H42O4/c1-5-6-7-14-17-20(23)18-15-12-10-8-9-11-13-16-19-21(24)25-26-22(2,3)4/h12,15,20,23H,5-11,13-14,16-19H2,1-4H3. The highest BCUT2D eigenvalue weighted by Gasteiger charge is 2.14. The molecule has 1 atom stereocenters. The van der Waals surface area contributed by atoms with Gasteiger partial charge in [-0.15, -0.1) is 0 Å². The Balaban J connectivity index is 3.38. The maximum Gasteiger partial charge on any atom is 0.342 e. The molecule has 0 fully saturated rings. The predicted molar refractivity (Wildman–Crippen MR) is 108 cm³/mol. The van der Waals surface area contributed by atoms with E-state index in [0.717, 1.165) is 44.9 Å². The number of hydrogen-bond acceptors (Lipinski definition) is 4. The second-order valence-electron chi connectivity index (χ2n) is 8.17. The quantitative estimate of drug-likeness (QED) is 0.151. The van der Waals surface area contributed by atoms with Crippen LogP contribution in [0.5, 0.6) is 0 Å². The van der Waals surface area contributed by atoms with E-state index in [9.17, 15) is 9.90 Å². The Morgan fingerprint density at radius 3 is 2.31 bits per heavy atom. The minimum atomic E-state index is -0.450. The van der Waals surface area contributed by atoms with Crippen molar-refractivity contribution in [3.8, 4) is 0 Å². The molecule has 0 saturated heterocycles. The lowest BCUT2D eigenvalue weighted by Crippen LogP contribution is -2.21. The molecule has 4 nitrogen and oxygen atoms in total. The zero-order chi connectivity index (χ0) is 19.7. The van der Waals surface area contributed by atoms with Crippen LogP contribution in [-0.2, 0) is 14.6 Å². The molecule has 26 heavy (non-hydrogen) atoms. The highest BCUT2D eigenvalue weighted by atomic mass is 17.2. The molecule has 0 amide bonds. The molecule has 0 heterocycles. The summed E-state index contributed by atoms with van der Waals surface area (Å²) in [5, 5.41) is 9.88. The van der Waals surface area contributed by atoms with Gasteiger partial charge < -0.3 is 5.11 Å². The van der Waals surface area contributed by atoms with Crippen LogP contribution in [0.2, 0.25) is 0 Å². The lowest BCUT2D eigenvalue weighted by Gasteiger charge is -2.16. The van der Waals surface area contributed by atoms with Gasteiger partial charge in [0.2, 0.25) is 0 Å². The molecule has 154 valence electrons. The normalized spacial score (nSPS) is 13.3. The molecule has 0 aromatic rings. The highest BCUT2D eigenvalue weighted by Crippen LogP contribution is 2.12. The molecule has 1 unspecified atom stereocenters. The van der Waals surface area contributed by atoms with Crippen LogP contribution in [-0.4, -0.2) is 22.8 Å². The summed E-state index contributed by atoms with van der Waals surface area (Å²) in [7, 11) is 0. The lowest BCUT2D eigenvalue weighted by atomic mass is 10.1. The molecule has 0 aliphatic heterocycles. The van der Waals surface area contributed by atoms with Gasteiger partial charge in [-0.05, 0) is 52.9 Å². The number of unbranched alkanes of at least 4 members (excludes halogenated alkanes) is 8. The van der Waals surface area contributed by atoms with E-state index in [1.807, 2.05) is 20.8 Å². The number of aliphatic hydroxyl groups is 1. The van der Waals surface area contributed by atoms with E-state index < -0.39 is 5.60 Å². The Bertz CT molecular complexity index is 358. The second-order valence-corrected chi connectivity index (χ2v) is 8.17. The monoisotopic (exact) mass is 370 g/mol. The van der Waals surface area contributed by atoms with Gasteiger partial charge in [0.25, 0.3) is 0 Å². The fourth-order valence-electron chi connectivity index (χ4n) is 2.57. The smallest absolute Gasteiger partial charge is 0.342 e. The first-order chi connectivity index (χ1) is 12.3. The van der Waals surface area contributed by atoms with Gasteiger partial charge in [0.1, 0.15) is 5.60 Å². The van der Waals surface area contributed by atoms with Crippen LogP contribution in [0.25, 0.3) is 0 Å². The highest BCUT2D eigenvalue weighted by molar-refractivity contribution is 5.68. The first kappa shape index (κ1) is 25.1. The average Bonchev–Trinajstić information content (AvgIpc) is 2.58. The Morgan fingerprint density at radius 1 is 0.962 bits per heavy atom. The SMILES string of the molecule is CCCCCCC(O)CC=CCCCCCCCC(=O)OOC(C)(C)C. The van der Waals surface area contributed by atoms with Crippen molar-refractivity contribution in [2.24, 2.45) is 0 Å². The number of hydrogen-bond donors (Lipinski definition) is 1. The maximum absolute atomic E-state index is 11.5. The van der Waals surface area contributed by atoms with Crippen molar-refractivity contribution in [3.05, 3.63) is 12.2 Å². The summed E-state index contributed by atoms with van der Waals surface area (Å²) in [6.07, 6.45) is 17.6. The average molecular weight is 371 g/mol. The van der Waals surface area contributed by atoms with Gasteiger partial charge in [-0.2, -0.15) is 4.89 Å². The van der Waals surface area contributed by atoms with Crippen molar-refractivity contribution in [1.29, 1.82) is 0 Å². The van der Waals surface area contributed by atoms with Crippen molar-refractivity contribution in [2.75, 3.05) is 0 Å². The van der Waals surface area contributed by atoms with Crippen molar-refractivity contribution in [2.45, 2.75) is 123 Å². The van der Waals surface area contributed by atoms with Crippen molar-refractivity contribution in [1.82, 2.24) is 0 Å². The lowest BCUT2D eigenvalue weighted by molar-refractivity contribution is -0.320. The molecule has 0 spiro atoms. The summed E-state index contributed by atoms with van der Waals surface area (Å²) in [6.45, 7) is 7.76. The summed E-state index contributed by atoms with van der Waals surface area (Å²) in [5.74, 6) is -0.281. The first-order valence-electron chi connectivity index (χ1n) is 10.6. The summed E-state index contributed by atoms with van der Waals surface area (Å²) in [6, 6.07) is 0. The van der Waals surface area contributed by atoms with E-state index in [2.05, 4.69) is 19.1 Å². The van der Waals surface area contributed by atoms with E-state index in [-0.39, 0.29) is 12.1 Å². The van der Waals surface area contributed by atoms with E-state index in [0.29, 0.717) is 6.42 Å². The van der Waals surface area contributed by atoms with Crippen molar-refractivity contribution >= 4 is 5.97 Å². The summed E-state index contributed by atoms with van der Waals surface area (Å²) in [4.78, 5) is 21.2. The Kier molecular flexibility index (Phi) is 15.8. The van der Waals surface area contributed by atoms with E-state index in [1.165, 1.54) is 32.1 Å². The molecule has 0 radical (unpaired) electrons.